The molecule has 0 unspecified atom stereocenters. The molecule has 0 atom stereocenters. The van der Waals surface area contributed by atoms with E-state index in [0.29, 0.717) is 29.4 Å². The third kappa shape index (κ3) is 3.37. The number of ether oxygens (including phenoxy) is 2. The van der Waals surface area contributed by atoms with Crippen molar-refractivity contribution in [2.24, 2.45) is 0 Å². The van der Waals surface area contributed by atoms with Gasteiger partial charge >= 0.3 is 0 Å². The van der Waals surface area contributed by atoms with E-state index >= 15 is 0 Å². The highest BCUT2D eigenvalue weighted by atomic mass is 16.5. The highest BCUT2D eigenvalue weighted by molar-refractivity contribution is 5.71. The number of anilines is 3. The van der Waals surface area contributed by atoms with Crippen LogP contribution in [-0.4, -0.2) is 13.7 Å². The van der Waals surface area contributed by atoms with Crippen molar-refractivity contribution in [3.8, 4) is 17.6 Å². The SMILES string of the molecule is CCOc1cc(Nc2ccc(C#N)cc2OC)ccc1N. The summed E-state index contributed by atoms with van der Waals surface area (Å²) >= 11 is 0. The van der Waals surface area contributed by atoms with E-state index in [9.17, 15) is 0 Å². The average molecular weight is 283 g/mol. The van der Waals surface area contributed by atoms with Gasteiger partial charge in [-0.1, -0.05) is 0 Å². The fraction of sp³-hybridized carbons (Fsp3) is 0.188. The standard InChI is InChI=1S/C16H17N3O2/c1-3-21-15-9-12(5-6-13(15)18)19-14-7-4-11(10-17)8-16(14)20-2/h4-9,19H,3,18H2,1-2H3. The smallest absolute Gasteiger partial charge is 0.144 e. The molecule has 0 aliphatic rings. The predicted molar refractivity (Wildman–Crippen MR) is 83.0 cm³/mol. The Balaban J connectivity index is 2.30. The molecule has 5 heteroatoms. The number of hydrogen-bond donors (Lipinski definition) is 2. The number of nitrogens with two attached hydrogens (primary N) is 1. The summed E-state index contributed by atoms with van der Waals surface area (Å²) < 4.78 is 10.8. The van der Waals surface area contributed by atoms with Crippen LogP contribution in [0.1, 0.15) is 12.5 Å². The van der Waals surface area contributed by atoms with Gasteiger partial charge in [0.05, 0.1) is 36.7 Å². The summed E-state index contributed by atoms with van der Waals surface area (Å²) in [6.07, 6.45) is 0. The van der Waals surface area contributed by atoms with Crippen molar-refractivity contribution in [1.29, 1.82) is 5.26 Å². The maximum atomic E-state index is 8.91. The summed E-state index contributed by atoms with van der Waals surface area (Å²) in [6, 6.07) is 12.8. The topological polar surface area (TPSA) is 80.3 Å². The summed E-state index contributed by atoms with van der Waals surface area (Å²) in [7, 11) is 1.57. The molecule has 5 nitrogen and oxygen atoms in total. The molecular formula is C16H17N3O2. The summed E-state index contributed by atoms with van der Waals surface area (Å²) in [5.41, 5.74) is 8.58. The van der Waals surface area contributed by atoms with Gasteiger partial charge in [0.15, 0.2) is 0 Å². The molecule has 0 aromatic heterocycles. The Morgan fingerprint density at radius 1 is 1.19 bits per heavy atom. The molecular weight excluding hydrogens is 266 g/mol. The van der Waals surface area contributed by atoms with Gasteiger partial charge in [-0.15, -0.1) is 0 Å². The molecule has 0 aliphatic heterocycles. The van der Waals surface area contributed by atoms with Gasteiger partial charge in [-0.25, -0.2) is 0 Å². The Kier molecular flexibility index (Phi) is 4.52. The minimum absolute atomic E-state index is 0.546. The molecule has 108 valence electrons. The lowest BCUT2D eigenvalue weighted by atomic mass is 10.2. The molecule has 2 aromatic carbocycles. The van der Waals surface area contributed by atoms with Crippen molar-refractivity contribution in [3.63, 3.8) is 0 Å². The van der Waals surface area contributed by atoms with E-state index in [-0.39, 0.29) is 0 Å². The number of nitrogen functional groups attached to an aromatic ring is 1. The minimum atomic E-state index is 0.546. The van der Waals surface area contributed by atoms with Gasteiger partial charge in [-0.2, -0.15) is 5.26 Å². The van der Waals surface area contributed by atoms with Gasteiger partial charge in [-0.3, -0.25) is 0 Å². The molecule has 2 aromatic rings. The van der Waals surface area contributed by atoms with Gasteiger partial charge in [0.2, 0.25) is 0 Å². The zero-order valence-electron chi connectivity index (χ0n) is 12.0. The first-order valence-corrected chi connectivity index (χ1v) is 6.55. The molecule has 0 radical (unpaired) electrons. The van der Waals surface area contributed by atoms with E-state index in [2.05, 4.69) is 11.4 Å². The average Bonchev–Trinajstić information content (AvgIpc) is 2.51. The molecule has 0 saturated heterocycles. The number of methoxy groups -OCH3 is 1. The number of hydrogen-bond acceptors (Lipinski definition) is 5. The van der Waals surface area contributed by atoms with E-state index in [0.717, 1.165) is 11.4 Å². The number of rotatable bonds is 5. The lowest BCUT2D eigenvalue weighted by molar-refractivity contribution is 0.342. The summed E-state index contributed by atoms with van der Waals surface area (Å²) in [6.45, 7) is 2.46. The lowest BCUT2D eigenvalue weighted by Gasteiger charge is -2.13. The Hall–Kier alpha value is -2.87. The highest BCUT2D eigenvalue weighted by Gasteiger charge is 2.07. The molecule has 0 bridgehead atoms. The van der Waals surface area contributed by atoms with Gasteiger partial charge < -0.3 is 20.5 Å². The molecule has 3 N–H and O–H groups in total. The Morgan fingerprint density at radius 2 is 2.00 bits per heavy atom. The summed E-state index contributed by atoms with van der Waals surface area (Å²) in [5.74, 6) is 1.24. The van der Waals surface area contributed by atoms with Crippen LogP contribution in [0.4, 0.5) is 17.1 Å². The molecule has 0 amide bonds. The third-order valence-electron chi connectivity index (χ3n) is 2.92. The van der Waals surface area contributed by atoms with Crippen LogP contribution < -0.4 is 20.5 Å². The second-order valence-electron chi connectivity index (χ2n) is 4.34. The van der Waals surface area contributed by atoms with E-state index in [1.54, 1.807) is 31.4 Å². The zero-order chi connectivity index (χ0) is 15.2. The van der Waals surface area contributed by atoms with E-state index in [1.165, 1.54) is 0 Å². The largest absolute Gasteiger partial charge is 0.495 e. The first-order chi connectivity index (χ1) is 10.2. The fourth-order valence-corrected chi connectivity index (χ4v) is 1.91. The van der Waals surface area contributed by atoms with Crippen molar-refractivity contribution in [2.45, 2.75) is 6.92 Å². The first-order valence-electron chi connectivity index (χ1n) is 6.55. The molecule has 0 saturated carbocycles. The molecule has 0 aliphatic carbocycles. The van der Waals surface area contributed by atoms with Gasteiger partial charge in [0, 0.05) is 17.8 Å². The van der Waals surface area contributed by atoms with Crippen LogP contribution in [0.15, 0.2) is 36.4 Å². The fourth-order valence-electron chi connectivity index (χ4n) is 1.91. The van der Waals surface area contributed by atoms with Gasteiger partial charge in [0.25, 0.3) is 0 Å². The van der Waals surface area contributed by atoms with Crippen LogP contribution in [0.25, 0.3) is 0 Å². The Labute approximate surface area is 123 Å². The van der Waals surface area contributed by atoms with Crippen molar-refractivity contribution in [1.82, 2.24) is 0 Å². The molecule has 21 heavy (non-hydrogen) atoms. The maximum Gasteiger partial charge on any atom is 0.144 e. The highest BCUT2D eigenvalue weighted by Crippen LogP contribution is 2.31. The second kappa shape index (κ2) is 6.53. The van der Waals surface area contributed by atoms with Crippen LogP contribution in [0.5, 0.6) is 11.5 Å². The minimum Gasteiger partial charge on any atom is -0.495 e. The summed E-state index contributed by atoms with van der Waals surface area (Å²) in [4.78, 5) is 0. The van der Waals surface area contributed by atoms with Crippen LogP contribution in [0.2, 0.25) is 0 Å². The Bertz CT molecular complexity index is 678. The maximum absolute atomic E-state index is 8.91. The number of nitrogens with one attached hydrogen (secondary N) is 1. The first kappa shape index (κ1) is 14.5. The number of benzene rings is 2. The van der Waals surface area contributed by atoms with Crippen LogP contribution >= 0.6 is 0 Å². The normalized spacial score (nSPS) is 9.76. The monoisotopic (exact) mass is 283 g/mol. The third-order valence-corrected chi connectivity index (χ3v) is 2.92. The second-order valence-corrected chi connectivity index (χ2v) is 4.34. The predicted octanol–water partition coefficient (Wildman–Crippen LogP) is 3.29. The quantitative estimate of drug-likeness (QED) is 0.823. The molecule has 0 fully saturated rings. The van der Waals surface area contributed by atoms with Crippen molar-refractivity contribution >= 4 is 17.1 Å². The zero-order valence-corrected chi connectivity index (χ0v) is 12.0. The van der Waals surface area contributed by atoms with E-state index < -0.39 is 0 Å². The van der Waals surface area contributed by atoms with Crippen molar-refractivity contribution in [3.05, 3.63) is 42.0 Å². The van der Waals surface area contributed by atoms with Crippen LogP contribution in [0.3, 0.4) is 0 Å². The Morgan fingerprint density at radius 3 is 2.67 bits per heavy atom. The molecule has 0 spiro atoms. The van der Waals surface area contributed by atoms with E-state index in [4.69, 9.17) is 20.5 Å². The van der Waals surface area contributed by atoms with Gasteiger partial charge in [-0.05, 0) is 31.2 Å². The lowest BCUT2D eigenvalue weighted by Crippen LogP contribution is -1.99. The van der Waals surface area contributed by atoms with E-state index in [1.807, 2.05) is 19.1 Å². The van der Waals surface area contributed by atoms with Crippen LogP contribution in [-0.2, 0) is 0 Å². The van der Waals surface area contributed by atoms with Crippen molar-refractivity contribution < 1.29 is 9.47 Å². The van der Waals surface area contributed by atoms with Crippen LogP contribution in [0, 0.1) is 11.3 Å². The number of nitrogens with zero attached hydrogens (tertiary/aromatic N) is 1. The van der Waals surface area contributed by atoms with Crippen molar-refractivity contribution in [2.75, 3.05) is 24.8 Å². The summed E-state index contributed by atoms with van der Waals surface area (Å²) in [5, 5.41) is 12.1. The number of nitriles is 1. The molecule has 0 heterocycles. The molecule has 2 rings (SSSR count). The van der Waals surface area contributed by atoms with Gasteiger partial charge in [0.1, 0.15) is 11.5 Å².